The van der Waals surface area contributed by atoms with Crippen molar-refractivity contribution < 1.29 is 14.3 Å². The molecule has 0 aliphatic carbocycles. The van der Waals surface area contributed by atoms with Gasteiger partial charge in [0, 0.05) is 37.3 Å². The lowest BCUT2D eigenvalue weighted by atomic mass is 9.93. The number of aromatic nitrogens is 2. The lowest BCUT2D eigenvalue weighted by Gasteiger charge is -2.26. The van der Waals surface area contributed by atoms with Crippen molar-refractivity contribution in [3.8, 4) is 5.69 Å². The molecule has 1 atom stereocenters. The molecule has 0 bridgehead atoms. The van der Waals surface area contributed by atoms with Crippen molar-refractivity contribution in [1.82, 2.24) is 14.7 Å². The Hall–Kier alpha value is -4.19. The van der Waals surface area contributed by atoms with E-state index < -0.39 is 0 Å². The third-order valence-electron chi connectivity index (χ3n) is 5.82. The van der Waals surface area contributed by atoms with Crippen molar-refractivity contribution in [2.75, 3.05) is 7.05 Å². The molecule has 0 saturated heterocycles. The Morgan fingerprint density at radius 2 is 1.79 bits per heavy atom. The molecule has 0 unspecified atom stereocenters. The molecule has 3 aromatic carbocycles. The highest BCUT2D eigenvalue weighted by molar-refractivity contribution is 5.97. The maximum atomic E-state index is 13.1. The van der Waals surface area contributed by atoms with Gasteiger partial charge in [-0.15, -0.1) is 0 Å². The van der Waals surface area contributed by atoms with E-state index in [0.29, 0.717) is 24.1 Å². The van der Waals surface area contributed by atoms with E-state index in [4.69, 9.17) is 4.74 Å². The van der Waals surface area contributed by atoms with Gasteiger partial charge in [0.15, 0.2) is 0 Å². The molecule has 2 heterocycles. The molecular weight excluding hydrogens is 414 g/mol. The van der Waals surface area contributed by atoms with Crippen LogP contribution in [0.15, 0.2) is 91.3 Å². The molecule has 1 aliphatic rings. The van der Waals surface area contributed by atoms with Crippen LogP contribution >= 0.6 is 0 Å². The van der Waals surface area contributed by atoms with Gasteiger partial charge in [0.2, 0.25) is 0 Å². The van der Waals surface area contributed by atoms with Crippen molar-refractivity contribution in [3.05, 3.63) is 119 Å². The molecule has 164 valence electrons. The Bertz CT molecular complexity index is 1300. The van der Waals surface area contributed by atoms with Crippen molar-refractivity contribution in [2.45, 2.75) is 19.1 Å². The van der Waals surface area contributed by atoms with Crippen molar-refractivity contribution in [1.29, 1.82) is 0 Å². The molecule has 1 aliphatic heterocycles. The van der Waals surface area contributed by atoms with Gasteiger partial charge < -0.3 is 9.64 Å². The van der Waals surface area contributed by atoms with Gasteiger partial charge in [-0.05, 0) is 41.5 Å². The topological polar surface area (TPSA) is 64.4 Å². The average Bonchev–Trinajstić information content (AvgIpc) is 3.32. The smallest absolute Gasteiger partial charge is 0.339 e. The summed E-state index contributed by atoms with van der Waals surface area (Å²) in [5.74, 6) is -0.466. The maximum absolute atomic E-state index is 13.1. The minimum Gasteiger partial charge on any atom is -0.454 e. The van der Waals surface area contributed by atoms with E-state index in [1.54, 1.807) is 35.0 Å². The number of nitrogens with zero attached hydrogens (tertiary/aromatic N) is 3. The molecule has 0 N–H and O–H groups in total. The van der Waals surface area contributed by atoms with Crippen LogP contribution in [0.25, 0.3) is 5.69 Å². The van der Waals surface area contributed by atoms with Crippen molar-refractivity contribution in [2.24, 2.45) is 0 Å². The summed E-state index contributed by atoms with van der Waals surface area (Å²) in [6.07, 6.45) is 3.88. The summed E-state index contributed by atoms with van der Waals surface area (Å²) in [5.41, 5.74) is 4.74. The first kappa shape index (κ1) is 20.7. The van der Waals surface area contributed by atoms with Crippen LogP contribution < -0.4 is 0 Å². The second-order valence-electron chi connectivity index (χ2n) is 8.17. The monoisotopic (exact) mass is 437 g/mol. The SMILES string of the molecule is CN(Cc1cnn(-c2ccccc2)c1)C(=O)c1ccc2c(c1)C[C@@H](c1ccccc1)OC2=O. The zero-order chi connectivity index (χ0) is 22.8. The van der Waals surface area contributed by atoms with Gasteiger partial charge in [-0.25, -0.2) is 9.48 Å². The Kier molecular flexibility index (Phi) is 5.48. The molecular formula is C27H23N3O3. The zero-order valence-electron chi connectivity index (χ0n) is 18.2. The molecule has 33 heavy (non-hydrogen) atoms. The maximum Gasteiger partial charge on any atom is 0.339 e. The highest BCUT2D eigenvalue weighted by atomic mass is 16.5. The van der Waals surface area contributed by atoms with Gasteiger partial charge in [0.25, 0.3) is 5.91 Å². The van der Waals surface area contributed by atoms with Gasteiger partial charge in [-0.1, -0.05) is 48.5 Å². The van der Waals surface area contributed by atoms with Gasteiger partial charge in [0.1, 0.15) is 6.10 Å². The standard InChI is InChI=1S/C27H23N3O3/c1-29(17-19-16-28-30(18-19)23-10-6-3-7-11-23)26(31)21-12-13-24-22(14-21)15-25(33-27(24)32)20-8-4-2-5-9-20/h2-14,16,18,25H,15,17H2,1H3/t25-/m0/s1. The Labute approximate surface area is 192 Å². The summed E-state index contributed by atoms with van der Waals surface area (Å²) in [5, 5.41) is 4.40. The first-order chi connectivity index (χ1) is 16.1. The molecule has 5 rings (SSSR count). The number of ether oxygens (including phenoxy) is 1. The number of hydrogen-bond donors (Lipinski definition) is 0. The number of esters is 1. The number of amides is 1. The lowest BCUT2D eigenvalue weighted by Crippen LogP contribution is -2.27. The third kappa shape index (κ3) is 4.28. The highest BCUT2D eigenvalue weighted by Crippen LogP contribution is 2.31. The summed E-state index contributed by atoms with van der Waals surface area (Å²) < 4.78 is 7.41. The molecule has 6 heteroatoms. The van der Waals surface area contributed by atoms with Crippen LogP contribution in [-0.4, -0.2) is 33.6 Å². The van der Waals surface area contributed by atoms with Crippen molar-refractivity contribution >= 4 is 11.9 Å². The van der Waals surface area contributed by atoms with Crippen LogP contribution in [-0.2, 0) is 17.7 Å². The first-order valence-corrected chi connectivity index (χ1v) is 10.8. The second-order valence-corrected chi connectivity index (χ2v) is 8.17. The van der Waals surface area contributed by atoms with Gasteiger partial charge in [0.05, 0.1) is 17.4 Å². The van der Waals surface area contributed by atoms with E-state index in [1.165, 1.54) is 0 Å². The molecule has 0 fully saturated rings. The third-order valence-corrected chi connectivity index (χ3v) is 5.82. The van der Waals surface area contributed by atoms with E-state index in [-0.39, 0.29) is 18.0 Å². The largest absolute Gasteiger partial charge is 0.454 e. The van der Waals surface area contributed by atoms with Gasteiger partial charge in [-0.3, -0.25) is 4.79 Å². The van der Waals surface area contributed by atoms with Crippen LogP contribution in [0.3, 0.4) is 0 Å². The molecule has 4 aromatic rings. The van der Waals surface area contributed by atoms with Crippen LogP contribution in [0.1, 0.15) is 43.5 Å². The molecule has 0 saturated carbocycles. The van der Waals surface area contributed by atoms with E-state index in [2.05, 4.69) is 5.10 Å². The first-order valence-electron chi connectivity index (χ1n) is 10.8. The van der Waals surface area contributed by atoms with E-state index in [0.717, 1.165) is 22.4 Å². The van der Waals surface area contributed by atoms with Gasteiger partial charge in [-0.2, -0.15) is 5.10 Å². The number of cyclic esters (lactones) is 1. The quantitative estimate of drug-likeness (QED) is 0.428. The second kappa shape index (κ2) is 8.74. The fourth-order valence-electron chi connectivity index (χ4n) is 4.11. The van der Waals surface area contributed by atoms with E-state index in [9.17, 15) is 9.59 Å². The average molecular weight is 437 g/mol. The summed E-state index contributed by atoms with van der Waals surface area (Å²) in [6.45, 7) is 0.428. The Balaban J connectivity index is 1.32. The van der Waals surface area contributed by atoms with Crippen molar-refractivity contribution in [3.63, 3.8) is 0 Å². The fraction of sp³-hybridized carbons (Fsp3) is 0.148. The summed E-state index contributed by atoms with van der Waals surface area (Å²) in [6, 6.07) is 24.7. The van der Waals surface area contributed by atoms with Crippen LogP contribution in [0, 0.1) is 0 Å². The molecule has 6 nitrogen and oxygen atoms in total. The van der Waals surface area contributed by atoms with Crippen LogP contribution in [0.5, 0.6) is 0 Å². The number of hydrogen-bond acceptors (Lipinski definition) is 4. The van der Waals surface area contributed by atoms with E-state index >= 15 is 0 Å². The number of para-hydroxylation sites is 1. The highest BCUT2D eigenvalue weighted by Gasteiger charge is 2.28. The minimum atomic E-state index is -0.356. The molecule has 0 radical (unpaired) electrons. The number of carbonyl (C=O) groups excluding carboxylic acids is 2. The minimum absolute atomic E-state index is 0.111. The summed E-state index contributed by atoms with van der Waals surface area (Å²) in [4.78, 5) is 27.3. The molecule has 1 amide bonds. The number of fused-ring (bicyclic) bond motifs is 1. The number of benzene rings is 3. The fourth-order valence-corrected chi connectivity index (χ4v) is 4.11. The molecule has 0 spiro atoms. The zero-order valence-corrected chi connectivity index (χ0v) is 18.2. The molecule has 1 aromatic heterocycles. The Morgan fingerprint density at radius 3 is 2.55 bits per heavy atom. The lowest BCUT2D eigenvalue weighted by molar-refractivity contribution is 0.0252. The summed E-state index contributed by atoms with van der Waals surface area (Å²) >= 11 is 0. The predicted octanol–water partition coefficient (Wildman–Crippen LogP) is 4.60. The van der Waals surface area contributed by atoms with Crippen LogP contribution in [0.2, 0.25) is 0 Å². The number of carbonyl (C=O) groups is 2. The van der Waals surface area contributed by atoms with E-state index in [1.807, 2.05) is 72.9 Å². The predicted molar refractivity (Wildman–Crippen MR) is 124 cm³/mol. The normalized spacial score (nSPS) is 14.9. The van der Waals surface area contributed by atoms with Crippen LogP contribution in [0.4, 0.5) is 0 Å². The van der Waals surface area contributed by atoms with Gasteiger partial charge >= 0.3 is 5.97 Å². The summed E-state index contributed by atoms with van der Waals surface area (Å²) in [7, 11) is 1.77. The Morgan fingerprint density at radius 1 is 1.06 bits per heavy atom. The number of rotatable bonds is 5.